The third kappa shape index (κ3) is 8.15. The summed E-state index contributed by atoms with van der Waals surface area (Å²) < 4.78 is 11.8. The fourth-order valence-electron chi connectivity index (χ4n) is 7.14. The number of hydrogen-bond donors (Lipinski definition) is 2. The molecule has 1 amide bonds. The van der Waals surface area contributed by atoms with Gasteiger partial charge in [-0.15, -0.1) is 0 Å². The summed E-state index contributed by atoms with van der Waals surface area (Å²) >= 11 is 0. The number of rotatable bonds is 0. The van der Waals surface area contributed by atoms with Gasteiger partial charge in [-0.1, -0.05) is 51.2 Å². The molecule has 244 valence electrons. The molecule has 3 fully saturated rings. The lowest BCUT2D eigenvalue weighted by molar-refractivity contribution is -0.265. The summed E-state index contributed by atoms with van der Waals surface area (Å²) in [6, 6.07) is -0.912. The molecule has 2 N–H and O–H groups in total. The van der Waals surface area contributed by atoms with E-state index < -0.39 is 47.6 Å². The van der Waals surface area contributed by atoms with Gasteiger partial charge in [0.25, 0.3) is 11.7 Å². The number of ketones is 2. The Morgan fingerprint density at radius 1 is 0.864 bits per heavy atom. The average molecular weight is 614 g/mol. The minimum Gasteiger partial charge on any atom is -0.461 e. The SMILES string of the molecule is C\C1=C/C=C/C=C/[C@@H](C)C[C@@H](C)C(=O)C2CCC(CC2)OC(=O)[C@@H]2CCCCN2C(=O)C(=O)[C@]2(O)O[C@@H](CC[C@H]2C)C[C@@H]1O. The number of amides is 1. The van der Waals surface area contributed by atoms with Crippen LogP contribution in [0.15, 0.2) is 36.0 Å². The van der Waals surface area contributed by atoms with E-state index in [1.165, 1.54) is 4.90 Å². The maximum atomic E-state index is 13.6. The number of aliphatic hydroxyl groups is 2. The van der Waals surface area contributed by atoms with Crippen molar-refractivity contribution < 1.29 is 38.9 Å². The molecular formula is C35H51NO8. The van der Waals surface area contributed by atoms with Crippen LogP contribution in [0.5, 0.6) is 0 Å². The van der Waals surface area contributed by atoms with Gasteiger partial charge in [-0.2, -0.15) is 0 Å². The van der Waals surface area contributed by atoms with Crippen molar-refractivity contribution in [2.24, 2.45) is 23.7 Å². The zero-order chi connectivity index (χ0) is 32.0. The lowest BCUT2D eigenvalue weighted by Crippen LogP contribution is -2.60. The first-order chi connectivity index (χ1) is 20.9. The molecule has 1 aliphatic carbocycles. The normalized spacial score (nSPS) is 41.4. The van der Waals surface area contributed by atoms with Gasteiger partial charge in [0.2, 0.25) is 5.79 Å². The minimum absolute atomic E-state index is 0.0579. The Balaban J connectivity index is 1.57. The Morgan fingerprint density at radius 3 is 2.30 bits per heavy atom. The van der Waals surface area contributed by atoms with Crippen LogP contribution in [0.1, 0.15) is 98.3 Å². The summed E-state index contributed by atoms with van der Waals surface area (Å²) in [7, 11) is 0. The molecule has 2 saturated heterocycles. The molecule has 0 aromatic carbocycles. The summed E-state index contributed by atoms with van der Waals surface area (Å²) in [6.45, 7) is 7.76. The van der Waals surface area contributed by atoms with Gasteiger partial charge < -0.3 is 24.6 Å². The summed E-state index contributed by atoms with van der Waals surface area (Å²) in [5.41, 5.74) is 0.699. The highest BCUT2D eigenvalue weighted by Crippen LogP contribution is 2.36. The van der Waals surface area contributed by atoms with Crippen molar-refractivity contribution in [3.63, 3.8) is 0 Å². The van der Waals surface area contributed by atoms with Crippen LogP contribution in [0.2, 0.25) is 0 Å². The predicted molar refractivity (Wildman–Crippen MR) is 165 cm³/mol. The van der Waals surface area contributed by atoms with Gasteiger partial charge in [0.15, 0.2) is 0 Å². The van der Waals surface area contributed by atoms with Crippen LogP contribution in [-0.4, -0.2) is 75.2 Å². The number of hydrogen-bond acceptors (Lipinski definition) is 8. The van der Waals surface area contributed by atoms with E-state index in [-0.39, 0.29) is 42.6 Å². The zero-order valence-electron chi connectivity index (χ0n) is 26.8. The van der Waals surface area contributed by atoms with Crippen LogP contribution < -0.4 is 0 Å². The molecule has 5 aliphatic rings. The topological polar surface area (TPSA) is 130 Å². The molecular weight excluding hydrogens is 562 g/mol. The van der Waals surface area contributed by atoms with Gasteiger partial charge in [0, 0.05) is 30.7 Å². The highest BCUT2D eigenvalue weighted by Gasteiger charge is 2.53. The van der Waals surface area contributed by atoms with Crippen molar-refractivity contribution in [2.45, 2.75) is 128 Å². The summed E-state index contributed by atoms with van der Waals surface area (Å²) in [5.74, 6) is -5.22. The van der Waals surface area contributed by atoms with Gasteiger partial charge in [0.05, 0.1) is 12.2 Å². The van der Waals surface area contributed by atoms with E-state index in [1.807, 2.05) is 31.2 Å². The smallest absolute Gasteiger partial charge is 0.329 e. The maximum absolute atomic E-state index is 13.6. The highest BCUT2D eigenvalue weighted by molar-refractivity contribution is 6.39. The van der Waals surface area contributed by atoms with Gasteiger partial charge in [-0.3, -0.25) is 14.4 Å². The molecule has 4 bridgehead atoms. The molecule has 1 saturated carbocycles. The molecule has 0 aromatic heterocycles. The van der Waals surface area contributed by atoms with Crippen LogP contribution in [0.3, 0.4) is 0 Å². The second kappa shape index (κ2) is 15.1. The number of esters is 1. The van der Waals surface area contributed by atoms with E-state index in [0.717, 1.165) is 6.42 Å². The van der Waals surface area contributed by atoms with Gasteiger partial charge in [-0.25, -0.2) is 4.79 Å². The Morgan fingerprint density at radius 2 is 1.57 bits per heavy atom. The van der Waals surface area contributed by atoms with Crippen LogP contribution in [-0.2, 0) is 28.7 Å². The number of allylic oxidation sites excluding steroid dienone is 5. The number of carbonyl (C=O) groups is 4. The van der Waals surface area contributed by atoms with Crippen LogP contribution in [0, 0.1) is 23.7 Å². The molecule has 0 radical (unpaired) electrons. The number of fused-ring (bicyclic) bond motifs is 12. The van der Waals surface area contributed by atoms with Crippen LogP contribution in [0.4, 0.5) is 0 Å². The molecule has 9 heteroatoms. The number of Topliss-reactive ketones (excluding diaryl/α,β-unsaturated/α-hetero) is 2. The largest absolute Gasteiger partial charge is 0.461 e. The highest BCUT2D eigenvalue weighted by atomic mass is 16.6. The molecule has 4 heterocycles. The van der Waals surface area contributed by atoms with E-state index in [9.17, 15) is 29.4 Å². The lowest BCUT2D eigenvalue weighted by atomic mass is 9.79. The van der Waals surface area contributed by atoms with Gasteiger partial charge in [-0.05, 0) is 82.6 Å². The first kappa shape index (κ1) is 34.3. The van der Waals surface area contributed by atoms with E-state index in [1.54, 1.807) is 13.8 Å². The van der Waals surface area contributed by atoms with Crippen LogP contribution in [0.25, 0.3) is 0 Å². The van der Waals surface area contributed by atoms with Gasteiger partial charge >= 0.3 is 5.97 Å². The number of aliphatic hydroxyl groups excluding tert-OH is 1. The average Bonchev–Trinajstić information content (AvgIpc) is 3.01. The lowest BCUT2D eigenvalue weighted by Gasteiger charge is -2.42. The molecule has 7 atom stereocenters. The number of carbonyl (C=O) groups excluding carboxylic acids is 4. The Labute approximate surface area is 261 Å². The second-order valence-corrected chi connectivity index (χ2v) is 13.6. The van der Waals surface area contributed by atoms with Gasteiger partial charge in [0.1, 0.15) is 17.9 Å². The first-order valence-corrected chi connectivity index (χ1v) is 16.6. The molecule has 0 spiro atoms. The quantitative estimate of drug-likeness (QED) is 0.300. The summed E-state index contributed by atoms with van der Waals surface area (Å²) in [6.07, 6.45) is 13.8. The third-order valence-electron chi connectivity index (χ3n) is 10.1. The fourth-order valence-corrected chi connectivity index (χ4v) is 7.14. The monoisotopic (exact) mass is 613 g/mol. The van der Waals surface area contributed by atoms with E-state index >= 15 is 0 Å². The second-order valence-electron chi connectivity index (χ2n) is 13.6. The predicted octanol–water partition coefficient (Wildman–Crippen LogP) is 4.60. The summed E-state index contributed by atoms with van der Waals surface area (Å²) in [5, 5.41) is 22.3. The molecule has 0 unspecified atom stereocenters. The zero-order valence-corrected chi connectivity index (χ0v) is 26.8. The van der Waals surface area contributed by atoms with Crippen molar-refractivity contribution in [1.82, 2.24) is 4.90 Å². The minimum atomic E-state index is -2.35. The molecule has 9 nitrogen and oxygen atoms in total. The van der Waals surface area contributed by atoms with Crippen LogP contribution >= 0.6 is 0 Å². The van der Waals surface area contributed by atoms with E-state index in [0.29, 0.717) is 63.4 Å². The third-order valence-corrected chi connectivity index (χ3v) is 10.1. The van der Waals surface area contributed by atoms with Crippen molar-refractivity contribution in [1.29, 1.82) is 0 Å². The fraction of sp³-hybridized carbons (Fsp3) is 0.714. The van der Waals surface area contributed by atoms with Crippen molar-refractivity contribution in [3.05, 3.63) is 36.0 Å². The first-order valence-electron chi connectivity index (χ1n) is 16.6. The van der Waals surface area contributed by atoms with E-state index in [2.05, 4.69) is 13.0 Å². The maximum Gasteiger partial charge on any atom is 0.329 e. The molecule has 44 heavy (non-hydrogen) atoms. The van der Waals surface area contributed by atoms with E-state index in [4.69, 9.17) is 9.47 Å². The summed E-state index contributed by atoms with van der Waals surface area (Å²) in [4.78, 5) is 55.0. The molecule has 0 aromatic rings. The molecule has 4 aliphatic heterocycles. The number of ether oxygens (including phenoxy) is 2. The number of nitrogens with zero attached hydrogens (tertiary/aromatic N) is 1. The number of piperidine rings is 1. The Bertz CT molecular complexity index is 1150. The van der Waals surface area contributed by atoms with Crippen molar-refractivity contribution >= 4 is 23.4 Å². The Hall–Kier alpha value is -2.62. The Kier molecular flexibility index (Phi) is 11.8. The molecule has 5 rings (SSSR count). The van der Waals surface area contributed by atoms with Crippen molar-refractivity contribution in [3.8, 4) is 0 Å². The van der Waals surface area contributed by atoms with Crippen molar-refractivity contribution in [2.75, 3.05) is 6.54 Å². The standard InChI is InChI=1S/C35H51NO8/c1-22-10-6-5-7-11-23(2)30(37)21-28-16-13-25(4)35(42,44-28)32(39)33(40)36-19-9-8-12-29(36)34(41)43-27-17-14-26(15-18-27)31(38)24(3)20-22/h5-7,10-11,22,24-30,37,42H,8-9,12-21H2,1-4H3/b7-5+,10-6+,23-11+/t22-,24-,25-,26?,27?,28+,29+,30+,35-/m1/s1.